The summed E-state index contributed by atoms with van der Waals surface area (Å²) in [4.78, 5) is 29.4. The quantitative estimate of drug-likeness (QED) is 0.336. The van der Waals surface area contributed by atoms with Crippen LogP contribution >= 0.6 is 35.3 Å². The number of ether oxygens (including phenoxy) is 1. The zero-order valence-electron chi connectivity index (χ0n) is 17.4. The fourth-order valence-electron chi connectivity index (χ4n) is 3.37. The number of halogens is 1. The highest BCUT2D eigenvalue weighted by molar-refractivity contribution is 14.0. The van der Waals surface area contributed by atoms with Gasteiger partial charge in [0.25, 0.3) is 0 Å². The standard InChI is InChI=1S/C19H32N6O2S.HI/c1-3-16-13-21-17(28-16)14-22-19(20-4-2)25-7-5-23(6-8-25)15-18(26)24-9-11-27-12-10-24;/h13H,3-12,14-15H2,1-2H3,(H,20,22);1H. The molecule has 0 saturated carbocycles. The average Bonchev–Trinajstić information content (AvgIpc) is 3.20. The van der Waals surface area contributed by atoms with E-state index in [4.69, 9.17) is 9.73 Å². The molecular weight excluding hydrogens is 503 g/mol. The van der Waals surface area contributed by atoms with E-state index in [-0.39, 0.29) is 29.9 Å². The van der Waals surface area contributed by atoms with Gasteiger partial charge in [0.05, 0.1) is 26.3 Å². The molecule has 0 bridgehead atoms. The number of hydrogen-bond donors (Lipinski definition) is 1. The minimum atomic E-state index is 0. The van der Waals surface area contributed by atoms with Crippen molar-refractivity contribution in [3.8, 4) is 0 Å². The molecule has 2 aliphatic rings. The molecule has 3 rings (SSSR count). The van der Waals surface area contributed by atoms with E-state index < -0.39 is 0 Å². The summed E-state index contributed by atoms with van der Waals surface area (Å²) in [6, 6.07) is 0. The lowest BCUT2D eigenvalue weighted by molar-refractivity contribution is -0.136. The van der Waals surface area contributed by atoms with Crippen molar-refractivity contribution in [2.45, 2.75) is 26.8 Å². The zero-order valence-corrected chi connectivity index (χ0v) is 20.6. The van der Waals surface area contributed by atoms with Gasteiger partial charge in [-0.15, -0.1) is 35.3 Å². The SMILES string of the molecule is CCNC(=NCc1ncc(CC)s1)N1CCN(CC(=O)N2CCOCC2)CC1.I. The van der Waals surface area contributed by atoms with E-state index in [2.05, 4.69) is 33.9 Å². The Morgan fingerprint density at radius 1 is 1.17 bits per heavy atom. The van der Waals surface area contributed by atoms with Crippen LogP contribution in [0.25, 0.3) is 0 Å². The van der Waals surface area contributed by atoms with E-state index in [0.29, 0.717) is 39.4 Å². The third-order valence-electron chi connectivity index (χ3n) is 5.04. The lowest BCUT2D eigenvalue weighted by atomic mass is 10.3. The molecule has 1 aromatic heterocycles. The first kappa shape index (κ1) is 24.3. The highest BCUT2D eigenvalue weighted by atomic mass is 127. The van der Waals surface area contributed by atoms with Gasteiger partial charge in [0.15, 0.2) is 5.96 Å². The van der Waals surface area contributed by atoms with Gasteiger partial charge < -0.3 is 19.9 Å². The number of nitrogens with one attached hydrogen (secondary N) is 1. The van der Waals surface area contributed by atoms with E-state index in [9.17, 15) is 4.79 Å². The smallest absolute Gasteiger partial charge is 0.236 e. The Bertz CT molecular complexity index is 657. The molecule has 1 aromatic rings. The van der Waals surface area contributed by atoms with Gasteiger partial charge in [-0.1, -0.05) is 6.92 Å². The van der Waals surface area contributed by atoms with Crippen LogP contribution in [-0.4, -0.2) is 97.1 Å². The Morgan fingerprint density at radius 2 is 1.90 bits per heavy atom. The van der Waals surface area contributed by atoms with E-state index >= 15 is 0 Å². The molecule has 0 aromatic carbocycles. The number of rotatable bonds is 6. The normalized spacial score (nSPS) is 18.5. The van der Waals surface area contributed by atoms with E-state index in [1.807, 2.05) is 11.1 Å². The van der Waals surface area contributed by atoms with Crippen molar-refractivity contribution in [2.24, 2.45) is 4.99 Å². The van der Waals surface area contributed by atoms with Crippen LogP contribution in [0.2, 0.25) is 0 Å². The van der Waals surface area contributed by atoms with Gasteiger partial charge in [0.1, 0.15) is 5.01 Å². The summed E-state index contributed by atoms with van der Waals surface area (Å²) in [7, 11) is 0. The van der Waals surface area contributed by atoms with Crippen LogP contribution in [0.3, 0.4) is 0 Å². The molecule has 10 heteroatoms. The summed E-state index contributed by atoms with van der Waals surface area (Å²) in [5, 5.41) is 4.45. The third-order valence-corrected chi connectivity index (χ3v) is 6.17. The Balaban J connectivity index is 0.00000300. The van der Waals surface area contributed by atoms with Crippen molar-refractivity contribution in [1.29, 1.82) is 0 Å². The first-order valence-electron chi connectivity index (χ1n) is 10.2. The van der Waals surface area contributed by atoms with E-state index in [1.54, 1.807) is 11.3 Å². The van der Waals surface area contributed by atoms with Crippen LogP contribution in [0.5, 0.6) is 0 Å². The summed E-state index contributed by atoms with van der Waals surface area (Å²) in [5.41, 5.74) is 0. The number of carbonyl (C=O) groups excluding carboxylic acids is 1. The second-order valence-electron chi connectivity index (χ2n) is 7.00. The lowest BCUT2D eigenvalue weighted by Gasteiger charge is -2.37. The second kappa shape index (κ2) is 12.7. The molecule has 3 heterocycles. The van der Waals surface area contributed by atoms with Gasteiger partial charge in [0, 0.05) is 56.9 Å². The molecule has 1 amide bonds. The molecule has 0 spiro atoms. The second-order valence-corrected chi connectivity index (χ2v) is 8.20. The first-order valence-corrected chi connectivity index (χ1v) is 11.1. The molecule has 2 aliphatic heterocycles. The Morgan fingerprint density at radius 3 is 2.52 bits per heavy atom. The van der Waals surface area contributed by atoms with Crippen LogP contribution in [0.1, 0.15) is 23.7 Å². The fourth-order valence-corrected chi connectivity index (χ4v) is 4.16. The number of thiazole rings is 1. The number of guanidine groups is 1. The van der Waals surface area contributed by atoms with Crippen molar-refractivity contribution in [3.63, 3.8) is 0 Å². The van der Waals surface area contributed by atoms with E-state index in [1.165, 1.54) is 4.88 Å². The predicted octanol–water partition coefficient (Wildman–Crippen LogP) is 1.27. The van der Waals surface area contributed by atoms with Crippen molar-refractivity contribution in [3.05, 3.63) is 16.1 Å². The largest absolute Gasteiger partial charge is 0.378 e. The molecule has 0 radical (unpaired) electrons. The number of aryl methyl sites for hydroxylation is 1. The first-order chi connectivity index (χ1) is 13.7. The van der Waals surface area contributed by atoms with E-state index in [0.717, 1.165) is 50.1 Å². The average molecular weight is 536 g/mol. The topological polar surface area (TPSA) is 73.3 Å². The summed E-state index contributed by atoms with van der Waals surface area (Å²) >= 11 is 1.74. The van der Waals surface area contributed by atoms with Crippen LogP contribution in [0.4, 0.5) is 0 Å². The number of carbonyl (C=O) groups is 1. The van der Waals surface area contributed by atoms with Gasteiger partial charge in [0.2, 0.25) is 5.91 Å². The molecule has 2 saturated heterocycles. The summed E-state index contributed by atoms with van der Waals surface area (Å²) < 4.78 is 5.33. The van der Waals surface area contributed by atoms with Crippen LogP contribution in [0.15, 0.2) is 11.2 Å². The maximum absolute atomic E-state index is 12.4. The van der Waals surface area contributed by atoms with Crippen molar-refractivity contribution < 1.29 is 9.53 Å². The lowest BCUT2D eigenvalue weighted by Crippen LogP contribution is -2.54. The molecule has 2 fully saturated rings. The number of nitrogens with zero attached hydrogens (tertiary/aromatic N) is 5. The number of morpholine rings is 1. The highest BCUT2D eigenvalue weighted by Gasteiger charge is 2.24. The summed E-state index contributed by atoms with van der Waals surface area (Å²) in [6.07, 6.45) is 2.97. The Kier molecular flexibility index (Phi) is 10.6. The number of aliphatic imine (C=N–C) groups is 1. The molecule has 0 unspecified atom stereocenters. The molecule has 164 valence electrons. The van der Waals surface area contributed by atoms with Crippen molar-refractivity contribution in [1.82, 2.24) is 25.0 Å². The molecule has 1 N–H and O–H groups in total. The highest BCUT2D eigenvalue weighted by Crippen LogP contribution is 2.14. The fraction of sp³-hybridized carbons (Fsp3) is 0.737. The molecule has 8 nitrogen and oxygen atoms in total. The van der Waals surface area contributed by atoms with Gasteiger partial charge in [-0.05, 0) is 13.3 Å². The van der Waals surface area contributed by atoms with Crippen molar-refractivity contribution >= 4 is 47.2 Å². The van der Waals surface area contributed by atoms with Crippen LogP contribution in [-0.2, 0) is 22.5 Å². The molecule has 0 atom stereocenters. The third kappa shape index (κ3) is 7.34. The molecular formula is C19H33IN6O2S. The number of piperazine rings is 1. The minimum Gasteiger partial charge on any atom is -0.378 e. The van der Waals surface area contributed by atoms with Gasteiger partial charge in [-0.25, -0.2) is 9.98 Å². The van der Waals surface area contributed by atoms with Gasteiger partial charge >= 0.3 is 0 Å². The maximum Gasteiger partial charge on any atom is 0.236 e. The number of hydrogen-bond acceptors (Lipinski definition) is 6. The van der Waals surface area contributed by atoms with Gasteiger partial charge in [-0.2, -0.15) is 0 Å². The van der Waals surface area contributed by atoms with Gasteiger partial charge in [-0.3, -0.25) is 9.69 Å². The van der Waals surface area contributed by atoms with Crippen LogP contribution in [0, 0.1) is 0 Å². The molecule has 0 aliphatic carbocycles. The zero-order chi connectivity index (χ0) is 19.8. The Labute approximate surface area is 194 Å². The summed E-state index contributed by atoms with van der Waals surface area (Å²) in [6.45, 7) is 12.4. The number of aromatic nitrogens is 1. The van der Waals surface area contributed by atoms with Crippen LogP contribution < -0.4 is 5.32 Å². The maximum atomic E-state index is 12.4. The summed E-state index contributed by atoms with van der Waals surface area (Å²) in [5.74, 6) is 1.16. The van der Waals surface area contributed by atoms with Crippen molar-refractivity contribution in [2.75, 3.05) is 65.6 Å². The minimum absolute atomic E-state index is 0. The predicted molar refractivity (Wildman–Crippen MR) is 127 cm³/mol. The number of amides is 1. The Hall–Kier alpha value is -0.980. The monoisotopic (exact) mass is 536 g/mol. The molecule has 29 heavy (non-hydrogen) atoms.